The van der Waals surface area contributed by atoms with Crippen molar-refractivity contribution in [3.63, 3.8) is 0 Å². The molecule has 0 rings (SSSR count). The summed E-state index contributed by atoms with van der Waals surface area (Å²) >= 11 is 0. The summed E-state index contributed by atoms with van der Waals surface area (Å²) in [5.74, 6) is 0. The highest BCUT2D eigenvalue weighted by Gasteiger charge is 2.27. The van der Waals surface area contributed by atoms with Crippen molar-refractivity contribution in [2.45, 2.75) is 76.8 Å². The molecule has 23 heavy (non-hydrogen) atoms. The van der Waals surface area contributed by atoms with Crippen molar-refractivity contribution >= 4 is 8.56 Å². The minimum absolute atomic E-state index is 0.804. The average Bonchev–Trinajstić information content (AvgIpc) is 2.58. The van der Waals surface area contributed by atoms with Crippen LogP contribution in [0.3, 0.4) is 0 Å². The molecule has 0 saturated carbocycles. The molecule has 0 aliphatic carbocycles. The highest BCUT2D eigenvalue weighted by atomic mass is 28.4. The van der Waals surface area contributed by atoms with Gasteiger partial charge in [-0.3, -0.25) is 0 Å². The normalized spacial score (nSPS) is 12.0. The molecule has 4 nitrogen and oxygen atoms in total. The van der Waals surface area contributed by atoms with Crippen LogP contribution in [0.25, 0.3) is 0 Å². The topological polar surface area (TPSA) is 36.9 Å². The van der Waals surface area contributed by atoms with E-state index >= 15 is 0 Å². The third-order valence-corrected chi connectivity index (χ3v) is 7.41. The molecule has 5 heteroatoms. The van der Waals surface area contributed by atoms with Crippen molar-refractivity contribution in [2.24, 2.45) is 0 Å². The molecule has 0 unspecified atom stereocenters. The molecule has 0 aromatic rings. The molecule has 0 aliphatic rings. The minimum atomic E-state index is -1.82. The number of hydrogen-bond donors (Lipinski definition) is 0. The van der Waals surface area contributed by atoms with Crippen molar-refractivity contribution in [2.75, 3.05) is 41.2 Å². The Morgan fingerprint density at radius 3 is 1.57 bits per heavy atom. The van der Waals surface area contributed by atoms with Crippen LogP contribution in [0.5, 0.6) is 0 Å². The van der Waals surface area contributed by atoms with Crippen molar-refractivity contribution in [3.05, 3.63) is 0 Å². The van der Waals surface area contributed by atoms with Crippen molar-refractivity contribution in [3.8, 4) is 0 Å². The smallest absolute Gasteiger partial charge is 0.334 e. The first-order chi connectivity index (χ1) is 11.2. The zero-order valence-electron chi connectivity index (χ0n) is 16.0. The SMILES string of the molecule is COCCCOCCCCCCCCCCC[Si](C)(OC)OC. The van der Waals surface area contributed by atoms with E-state index in [-0.39, 0.29) is 0 Å². The molecule has 0 saturated heterocycles. The number of unbranched alkanes of at least 4 members (excludes halogenated alkanes) is 8. The highest BCUT2D eigenvalue weighted by molar-refractivity contribution is 6.65. The average molecular weight is 349 g/mol. The Morgan fingerprint density at radius 2 is 1.04 bits per heavy atom. The zero-order chi connectivity index (χ0) is 17.2. The molecule has 0 atom stereocenters. The molecular formula is C18H40O4Si. The summed E-state index contributed by atoms with van der Waals surface area (Å²) in [5.41, 5.74) is 0. The first-order valence-electron chi connectivity index (χ1n) is 9.35. The van der Waals surface area contributed by atoms with Gasteiger partial charge in [-0.05, 0) is 25.4 Å². The van der Waals surface area contributed by atoms with Crippen LogP contribution in [0, 0.1) is 0 Å². The summed E-state index contributed by atoms with van der Waals surface area (Å²) in [4.78, 5) is 0. The van der Waals surface area contributed by atoms with Gasteiger partial charge < -0.3 is 18.3 Å². The Morgan fingerprint density at radius 1 is 0.565 bits per heavy atom. The van der Waals surface area contributed by atoms with E-state index in [1.807, 2.05) is 0 Å². The molecule has 0 aliphatic heterocycles. The van der Waals surface area contributed by atoms with Crippen LogP contribution < -0.4 is 0 Å². The lowest BCUT2D eigenvalue weighted by Crippen LogP contribution is -2.35. The number of rotatable bonds is 18. The fourth-order valence-electron chi connectivity index (χ4n) is 2.58. The van der Waals surface area contributed by atoms with E-state index < -0.39 is 8.56 Å². The van der Waals surface area contributed by atoms with Crippen molar-refractivity contribution < 1.29 is 18.3 Å². The lowest BCUT2D eigenvalue weighted by Gasteiger charge is -2.22. The van der Waals surface area contributed by atoms with Crippen LogP contribution in [-0.2, 0) is 18.3 Å². The van der Waals surface area contributed by atoms with Gasteiger partial charge in [-0.1, -0.05) is 51.4 Å². The Hall–Kier alpha value is 0.0569. The van der Waals surface area contributed by atoms with Crippen LogP contribution in [0.4, 0.5) is 0 Å². The van der Waals surface area contributed by atoms with E-state index in [9.17, 15) is 0 Å². The van der Waals surface area contributed by atoms with Gasteiger partial charge in [-0.2, -0.15) is 0 Å². The van der Waals surface area contributed by atoms with Gasteiger partial charge in [0.05, 0.1) is 0 Å². The van der Waals surface area contributed by atoms with Gasteiger partial charge in [-0.15, -0.1) is 0 Å². The van der Waals surface area contributed by atoms with E-state index in [1.165, 1.54) is 57.8 Å². The maximum atomic E-state index is 5.56. The van der Waals surface area contributed by atoms with Gasteiger partial charge >= 0.3 is 8.56 Å². The van der Waals surface area contributed by atoms with Gasteiger partial charge in [0, 0.05) is 41.2 Å². The minimum Gasteiger partial charge on any atom is -0.398 e. The summed E-state index contributed by atoms with van der Waals surface area (Å²) in [5, 5.41) is 0. The predicted octanol–water partition coefficient (Wildman–Crippen LogP) is 4.92. The second-order valence-electron chi connectivity index (χ2n) is 6.43. The Labute approximate surface area is 145 Å². The molecule has 140 valence electrons. The first-order valence-corrected chi connectivity index (χ1v) is 11.9. The summed E-state index contributed by atoms with van der Waals surface area (Å²) < 4.78 is 21.6. The predicted molar refractivity (Wildman–Crippen MR) is 99.3 cm³/mol. The van der Waals surface area contributed by atoms with E-state index in [0.717, 1.165) is 32.3 Å². The van der Waals surface area contributed by atoms with Crippen molar-refractivity contribution in [1.82, 2.24) is 0 Å². The molecule has 0 spiro atoms. The first kappa shape index (κ1) is 23.1. The molecule has 0 heterocycles. The quantitative estimate of drug-likeness (QED) is 0.260. The van der Waals surface area contributed by atoms with Crippen LogP contribution in [-0.4, -0.2) is 49.7 Å². The third-order valence-electron chi connectivity index (χ3n) is 4.42. The molecule has 0 N–H and O–H groups in total. The maximum Gasteiger partial charge on any atom is 0.334 e. The Kier molecular flexibility index (Phi) is 16.9. The lowest BCUT2D eigenvalue weighted by atomic mass is 10.1. The monoisotopic (exact) mass is 348 g/mol. The second-order valence-corrected chi connectivity index (χ2v) is 10.0. The zero-order valence-corrected chi connectivity index (χ0v) is 17.0. The van der Waals surface area contributed by atoms with E-state index in [0.29, 0.717) is 0 Å². The van der Waals surface area contributed by atoms with Crippen LogP contribution >= 0.6 is 0 Å². The van der Waals surface area contributed by atoms with Gasteiger partial charge in [0.15, 0.2) is 0 Å². The van der Waals surface area contributed by atoms with E-state index in [1.54, 1.807) is 21.3 Å². The van der Waals surface area contributed by atoms with Crippen LogP contribution in [0.1, 0.15) is 64.2 Å². The number of methoxy groups -OCH3 is 1. The summed E-state index contributed by atoms with van der Waals surface area (Å²) in [6, 6.07) is 1.12. The summed E-state index contributed by atoms with van der Waals surface area (Å²) in [6.07, 6.45) is 12.9. The summed E-state index contributed by atoms with van der Waals surface area (Å²) in [7, 11) is 3.47. The fourth-order valence-corrected chi connectivity index (χ4v) is 4.05. The maximum absolute atomic E-state index is 5.56. The van der Waals surface area contributed by atoms with Crippen molar-refractivity contribution in [1.29, 1.82) is 0 Å². The Balaban J connectivity index is 3.14. The third kappa shape index (κ3) is 15.3. The Bertz CT molecular complexity index is 235. The lowest BCUT2D eigenvalue weighted by molar-refractivity contribution is 0.100. The van der Waals surface area contributed by atoms with Gasteiger partial charge in [0.1, 0.15) is 0 Å². The molecule has 0 bridgehead atoms. The molecule has 0 aromatic heterocycles. The summed E-state index contributed by atoms with van der Waals surface area (Å²) in [6.45, 7) is 4.69. The van der Waals surface area contributed by atoms with Gasteiger partial charge in [0.2, 0.25) is 0 Å². The van der Waals surface area contributed by atoms with E-state index in [2.05, 4.69) is 6.55 Å². The molecule has 0 aromatic carbocycles. The van der Waals surface area contributed by atoms with Gasteiger partial charge in [-0.25, -0.2) is 0 Å². The standard InChI is InChI=1S/C18H40O4Si/c1-19-15-14-17-22-16-12-10-8-6-5-7-9-11-13-18-23(4,20-2)21-3/h5-18H2,1-4H3. The molecular weight excluding hydrogens is 308 g/mol. The second kappa shape index (κ2) is 16.9. The van der Waals surface area contributed by atoms with E-state index in [4.69, 9.17) is 18.3 Å². The molecule has 0 radical (unpaired) electrons. The highest BCUT2D eigenvalue weighted by Crippen LogP contribution is 2.17. The van der Waals surface area contributed by atoms with Gasteiger partial charge in [0.25, 0.3) is 0 Å². The number of hydrogen-bond acceptors (Lipinski definition) is 4. The molecule has 0 fully saturated rings. The molecule has 0 amide bonds. The van der Waals surface area contributed by atoms with Crippen LogP contribution in [0.2, 0.25) is 12.6 Å². The number of ether oxygens (including phenoxy) is 2. The van der Waals surface area contributed by atoms with Crippen LogP contribution in [0.15, 0.2) is 0 Å². The fraction of sp³-hybridized carbons (Fsp3) is 1.00. The largest absolute Gasteiger partial charge is 0.398 e.